The highest BCUT2D eigenvalue weighted by Crippen LogP contribution is 2.18. The standard InChI is InChI=1S/C20H17FN4O2/c1-12-11-18(19(27)23-15-9-7-14(8-10-15)13(2)26)25-20(22-12)24-17-6-4-3-5-16(17)21/h3-11H,1-2H3,(H,23,27)(H,22,24,25). The number of Topliss-reactive ketones (excluding diaryl/α,β-unsaturated/α-hetero) is 1. The molecule has 1 amide bonds. The van der Waals surface area contributed by atoms with Crippen molar-refractivity contribution in [2.45, 2.75) is 13.8 Å². The van der Waals surface area contributed by atoms with Gasteiger partial charge in [0.15, 0.2) is 5.78 Å². The van der Waals surface area contributed by atoms with E-state index in [1.165, 1.54) is 19.1 Å². The number of nitrogens with zero attached hydrogens (tertiary/aromatic N) is 2. The number of aryl methyl sites for hydroxylation is 1. The van der Waals surface area contributed by atoms with Crippen LogP contribution in [0.5, 0.6) is 0 Å². The van der Waals surface area contributed by atoms with E-state index in [1.807, 2.05) is 0 Å². The summed E-state index contributed by atoms with van der Waals surface area (Å²) in [6.45, 7) is 3.19. The lowest BCUT2D eigenvalue weighted by Gasteiger charge is -2.09. The molecule has 2 aromatic carbocycles. The fraction of sp³-hybridized carbons (Fsp3) is 0.100. The van der Waals surface area contributed by atoms with Crippen LogP contribution in [-0.2, 0) is 0 Å². The van der Waals surface area contributed by atoms with Gasteiger partial charge in [-0.05, 0) is 56.3 Å². The summed E-state index contributed by atoms with van der Waals surface area (Å²) in [7, 11) is 0. The summed E-state index contributed by atoms with van der Waals surface area (Å²) < 4.78 is 13.8. The van der Waals surface area contributed by atoms with Crippen LogP contribution in [0.2, 0.25) is 0 Å². The van der Waals surface area contributed by atoms with Gasteiger partial charge in [-0.25, -0.2) is 14.4 Å². The number of carbonyl (C=O) groups excluding carboxylic acids is 2. The smallest absolute Gasteiger partial charge is 0.274 e. The number of hydrogen-bond donors (Lipinski definition) is 2. The molecule has 27 heavy (non-hydrogen) atoms. The Morgan fingerprint density at radius 3 is 2.37 bits per heavy atom. The van der Waals surface area contributed by atoms with Crippen molar-refractivity contribution in [3.63, 3.8) is 0 Å². The van der Waals surface area contributed by atoms with Gasteiger partial charge in [-0.1, -0.05) is 12.1 Å². The van der Waals surface area contributed by atoms with Gasteiger partial charge in [-0.15, -0.1) is 0 Å². The highest BCUT2D eigenvalue weighted by molar-refractivity contribution is 6.03. The van der Waals surface area contributed by atoms with Gasteiger partial charge < -0.3 is 10.6 Å². The molecule has 136 valence electrons. The van der Waals surface area contributed by atoms with Crippen molar-refractivity contribution < 1.29 is 14.0 Å². The summed E-state index contributed by atoms with van der Waals surface area (Å²) >= 11 is 0. The Kier molecular flexibility index (Phi) is 5.21. The minimum atomic E-state index is -0.445. The van der Waals surface area contributed by atoms with E-state index in [4.69, 9.17) is 0 Å². The van der Waals surface area contributed by atoms with Crippen LogP contribution in [-0.4, -0.2) is 21.7 Å². The first-order valence-electron chi connectivity index (χ1n) is 8.22. The van der Waals surface area contributed by atoms with Crippen LogP contribution in [0.3, 0.4) is 0 Å². The Balaban J connectivity index is 1.79. The molecule has 1 aromatic heterocycles. The van der Waals surface area contributed by atoms with Gasteiger partial charge in [0.05, 0.1) is 5.69 Å². The Hall–Kier alpha value is -3.61. The molecule has 0 aliphatic heterocycles. The lowest BCUT2D eigenvalue weighted by molar-refractivity contribution is 0.101. The lowest BCUT2D eigenvalue weighted by Crippen LogP contribution is -2.15. The first kappa shape index (κ1) is 18.2. The number of hydrogen-bond acceptors (Lipinski definition) is 5. The monoisotopic (exact) mass is 364 g/mol. The van der Waals surface area contributed by atoms with Crippen LogP contribution < -0.4 is 10.6 Å². The second-order valence-electron chi connectivity index (χ2n) is 5.91. The Morgan fingerprint density at radius 2 is 1.70 bits per heavy atom. The van der Waals surface area contributed by atoms with Gasteiger partial charge in [-0.2, -0.15) is 0 Å². The first-order chi connectivity index (χ1) is 12.9. The SMILES string of the molecule is CC(=O)c1ccc(NC(=O)c2cc(C)nc(Nc3ccccc3F)n2)cc1. The molecule has 7 heteroatoms. The zero-order valence-corrected chi connectivity index (χ0v) is 14.8. The first-order valence-corrected chi connectivity index (χ1v) is 8.22. The third-order valence-electron chi connectivity index (χ3n) is 3.76. The Morgan fingerprint density at radius 1 is 1.00 bits per heavy atom. The van der Waals surface area contributed by atoms with Crippen LogP contribution in [0.15, 0.2) is 54.6 Å². The van der Waals surface area contributed by atoms with Crippen LogP contribution in [0.25, 0.3) is 0 Å². The van der Waals surface area contributed by atoms with E-state index in [2.05, 4.69) is 20.6 Å². The Labute approximate surface area is 155 Å². The van der Waals surface area contributed by atoms with E-state index >= 15 is 0 Å². The molecule has 0 saturated heterocycles. The molecular formula is C20H17FN4O2. The van der Waals surface area contributed by atoms with Crippen LogP contribution in [0.1, 0.15) is 33.5 Å². The van der Waals surface area contributed by atoms with Gasteiger partial charge >= 0.3 is 0 Å². The second-order valence-corrected chi connectivity index (χ2v) is 5.91. The van der Waals surface area contributed by atoms with Gasteiger partial charge in [0, 0.05) is 16.9 Å². The second kappa shape index (κ2) is 7.74. The highest BCUT2D eigenvalue weighted by atomic mass is 19.1. The van der Waals surface area contributed by atoms with Gasteiger partial charge in [0.25, 0.3) is 5.91 Å². The number of anilines is 3. The fourth-order valence-electron chi connectivity index (χ4n) is 2.41. The zero-order chi connectivity index (χ0) is 19.4. The number of ketones is 1. The average molecular weight is 364 g/mol. The maximum absolute atomic E-state index is 13.8. The fourth-order valence-corrected chi connectivity index (χ4v) is 2.41. The van der Waals surface area contributed by atoms with Gasteiger partial charge in [0.2, 0.25) is 5.95 Å². The van der Waals surface area contributed by atoms with Crippen molar-refractivity contribution in [2.75, 3.05) is 10.6 Å². The molecule has 0 saturated carbocycles. The molecule has 0 radical (unpaired) electrons. The van der Waals surface area contributed by atoms with Crippen molar-refractivity contribution >= 4 is 29.0 Å². The number of nitrogens with one attached hydrogen (secondary N) is 2. The number of amides is 1. The molecule has 6 nitrogen and oxygen atoms in total. The molecule has 3 rings (SSSR count). The normalized spacial score (nSPS) is 10.3. The Bertz CT molecular complexity index is 1000. The molecule has 0 bridgehead atoms. The number of carbonyl (C=O) groups is 2. The van der Waals surface area contributed by atoms with E-state index in [0.29, 0.717) is 16.9 Å². The zero-order valence-electron chi connectivity index (χ0n) is 14.8. The summed E-state index contributed by atoms with van der Waals surface area (Å²) in [5.74, 6) is -0.813. The van der Waals surface area contributed by atoms with Crippen LogP contribution in [0.4, 0.5) is 21.7 Å². The number of para-hydroxylation sites is 1. The van der Waals surface area contributed by atoms with Crippen LogP contribution >= 0.6 is 0 Å². The molecule has 0 atom stereocenters. The summed E-state index contributed by atoms with van der Waals surface area (Å²) in [5, 5.41) is 5.49. The van der Waals surface area contributed by atoms with E-state index in [9.17, 15) is 14.0 Å². The number of aromatic nitrogens is 2. The van der Waals surface area contributed by atoms with E-state index in [-0.39, 0.29) is 23.1 Å². The van der Waals surface area contributed by atoms with E-state index in [1.54, 1.807) is 49.4 Å². The topological polar surface area (TPSA) is 84.0 Å². The summed E-state index contributed by atoms with van der Waals surface area (Å²) in [5.41, 5.74) is 2.00. The molecular weight excluding hydrogens is 347 g/mol. The predicted octanol–water partition coefficient (Wildman–Crippen LogP) is 4.12. The third-order valence-corrected chi connectivity index (χ3v) is 3.76. The number of benzene rings is 2. The molecule has 1 heterocycles. The maximum atomic E-state index is 13.8. The molecule has 0 aliphatic rings. The molecule has 0 fully saturated rings. The quantitative estimate of drug-likeness (QED) is 0.665. The lowest BCUT2D eigenvalue weighted by atomic mass is 10.1. The van der Waals surface area contributed by atoms with Crippen molar-refractivity contribution in [1.82, 2.24) is 9.97 Å². The molecule has 3 aromatic rings. The van der Waals surface area contributed by atoms with Crippen molar-refractivity contribution in [1.29, 1.82) is 0 Å². The molecule has 2 N–H and O–H groups in total. The summed E-state index contributed by atoms with van der Waals surface area (Å²) in [4.78, 5) is 32.1. The average Bonchev–Trinajstić information content (AvgIpc) is 2.63. The van der Waals surface area contributed by atoms with Gasteiger partial charge in [-0.3, -0.25) is 9.59 Å². The van der Waals surface area contributed by atoms with Crippen molar-refractivity contribution in [3.05, 3.63) is 77.4 Å². The molecule has 0 spiro atoms. The largest absolute Gasteiger partial charge is 0.322 e. The molecule has 0 aliphatic carbocycles. The van der Waals surface area contributed by atoms with Gasteiger partial charge in [0.1, 0.15) is 11.5 Å². The minimum Gasteiger partial charge on any atom is -0.322 e. The number of halogens is 1. The van der Waals surface area contributed by atoms with Crippen molar-refractivity contribution in [2.24, 2.45) is 0 Å². The molecule has 0 unspecified atom stereocenters. The number of rotatable bonds is 5. The van der Waals surface area contributed by atoms with E-state index in [0.717, 1.165) is 0 Å². The van der Waals surface area contributed by atoms with Crippen molar-refractivity contribution in [3.8, 4) is 0 Å². The van der Waals surface area contributed by atoms with E-state index < -0.39 is 11.7 Å². The summed E-state index contributed by atoms with van der Waals surface area (Å²) in [6.07, 6.45) is 0. The predicted molar refractivity (Wildman–Crippen MR) is 101 cm³/mol. The van der Waals surface area contributed by atoms with Crippen LogP contribution in [0, 0.1) is 12.7 Å². The highest BCUT2D eigenvalue weighted by Gasteiger charge is 2.12. The maximum Gasteiger partial charge on any atom is 0.274 e. The third kappa shape index (κ3) is 4.52. The summed E-state index contributed by atoms with van der Waals surface area (Å²) in [6, 6.07) is 14.2. The minimum absolute atomic E-state index is 0.0526.